The second-order valence-electron chi connectivity index (χ2n) is 4.38. The number of carbonyl (C=O) groups is 1. The van der Waals surface area contributed by atoms with Gasteiger partial charge in [-0.1, -0.05) is 18.5 Å². The summed E-state index contributed by atoms with van der Waals surface area (Å²) >= 11 is 6.13. The Morgan fingerprint density at radius 2 is 2.21 bits per heavy atom. The van der Waals surface area contributed by atoms with Crippen LogP contribution in [0.4, 0.5) is 0 Å². The predicted molar refractivity (Wildman–Crippen MR) is 70.8 cm³/mol. The van der Waals surface area contributed by atoms with Crippen molar-refractivity contribution in [2.24, 2.45) is 5.73 Å². The van der Waals surface area contributed by atoms with Gasteiger partial charge < -0.3 is 20.3 Å². The second-order valence-corrected chi connectivity index (χ2v) is 4.79. The normalized spacial score (nSPS) is 14.5. The summed E-state index contributed by atoms with van der Waals surface area (Å²) in [6.07, 6.45) is 1.10. The molecular formula is C13H16ClNO4. The van der Waals surface area contributed by atoms with Crippen LogP contribution in [-0.2, 0) is 11.2 Å². The Kier molecular flexibility index (Phi) is 4.17. The van der Waals surface area contributed by atoms with Crippen LogP contribution >= 0.6 is 11.6 Å². The minimum absolute atomic E-state index is 0.0242. The molecule has 1 heterocycles. The zero-order valence-electron chi connectivity index (χ0n) is 10.6. The third-order valence-electron chi connectivity index (χ3n) is 3.16. The SMILES string of the molecule is CCc1c(C(N)CCC(=O)O)cc(Cl)c2c1OCO2. The van der Waals surface area contributed by atoms with Crippen molar-refractivity contribution in [1.82, 2.24) is 0 Å². The molecule has 1 aliphatic heterocycles. The van der Waals surface area contributed by atoms with Crippen molar-refractivity contribution < 1.29 is 19.4 Å². The first-order valence-electron chi connectivity index (χ1n) is 6.12. The van der Waals surface area contributed by atoms with E-state index in [1.54, 1.807) is 6.07 Å². The van der Waals surface area contributed by atoms with Gasteiger partial charge in [-0.2, -0.15) is 0 Å². The molecule has 0 aromatic heterocycles. The van der Waals surface area contributed by atoms with Gasteiger partial charge in [-0.05, 0) is 24.5 Å². The Bertz CT molecular complexity index is 504. The molecule has 0 amide bonds. The summed E-state index contributed by atoms with van der Waals surface area (Å²) < 4.78 is 10.8. The first kappa shape index (κ1) is 14.0. The zero-order chi connectivity index (χ0) is 14.0. The highest BCUT2D eigenvalue weighted by atomic mass is 35.5. The average molecular weight is 286 g/mol. The molecule has 1 aromatic carbocycles. The summed E-state index contributed by atoms with van der Waals surface area (Å²) in [5.41, 5.74) is 7.84. The van der Waals surface area contributed by atoms with Crippen LogP contribution in [0.1, 0.15) is 36.9 Å². The number of carboxylic acid groups (broad SMARTS) is 1. The molecule has 1 aliphatic rings. The van der Waals surface area contributed by atoms with Crippen LogP contribution in [0.3, 0.4) is 0 Å². The molecule has 3 N–H and O–H groups in total. The van der Waals surface area contributed by atoms with E-state index in [0.717, 1.165) is 17.5 Å². The Morgan fingerprint density at radius 1 is 1.53 bits per heavy atom. The van der Waals surface area contributed by atoms with Crippen molar-refractivity contribution in [1.29, 1.82) is 0 Å². The Balaban J connectivity index is 2.34. The lowest BCUT2D eigenvalue weighted by Crippen LogP contribution is -2.14. The van der Waals surface area contributed by atoms with Gasteiger partial charge in [0.25, 0.3) is 0 Å². The van der Waals surface area contributed by atoms with E-state index in [2.05, 4.69) is 0 Å². The number of fused-ring (bicyclic) bond motifs is 1. The maximum Gasteiger partial charge on any atom is 0.303 e. The molecule has 0 spiro atoms. The Morgan fingerprint density at radius 3 is 2.84 bits per heavy atom. The third-order valence-corrected chi connectivity index (χ3v) is 3.44. The number of hydrogen-bond acceptors (Lipinski definition) is 4. The fourth-order valence-electron chi connectivity index (χ4n) is 2.23. The molecule has 104 valence electrons. The van der Waals surface area contributed by atoms with Crippen molar-refractivity contribution in [2.45, 2.75) is 32.2 Å². The quantitative estimate of drug-likeness (QED) is 0.868. The highest BCUT2D eigenvalue weighted by molar-refractivity contribution is 6.32. The van der Waals surface area contributed by atoms with Crippen LogP contribution in [0.25, 0.3) is 0 Å². The molecule has 0 fully saturated rings. The molecule has 1 unspecified atom stereocenters. The smallest absolute Gasteiger partial charge is 0.303 e. The number of rotatable bonds is 5. The van der Waals surface area contributed by atoms with Crippen molar-refractivity contribution >= 4 is 17.6 Å². The van der Waals surface area contributed by atoms with Crippen LogP contribution in [0.2, 0.25) is 5.02 Å². The van der Waals surface area contributed by atoms with Crippen LogP contribution in [0.15, 0.2) is 6.07 Å². The van der Waals surface area contributed by atoms with Gasteiger partial charge in [-0.3, -0.25) is 4.79 Å². The monoisotopic (exact) mass is 285 g/mol. The molecular weight excluding hydrogens is 270 g/mol. The fraction of sp³-hybridized carbons (Fsp3) is 0.462. The maximum absolute atomic E-state index is 10.6. The minimum atomic E-state index is -0.861. The Hall–Kier alpha value is -1.46. The molecule has 19 heavy (non-hydrogen) atoms. The van der Waals surface area contributed by atoms with E-state index in [0.29, 0.717) is 22.9 Å². The minimum Gasteiger partial charge on any atom is -0.481 e. The highest BCUT2D eigenvalue weighted by Gasteiger charge is 2.25. The van der Waals surface area contributed by atoms with Crippen molar-refractivity contribution in [3.63, 3.8) is 0 Å². The molecule has 2 rings (SSSR count). The molecule has 5 nitrogen and oxygen atoms in total. The molecule has 0 bridgehead atoms. The van der Waals surface area contributed by atoms with Crippen molar-refractivity contribution in [3.05, 3.63) is 22.2 Å². The molecule has 0 saturated carbocycles. The van der Waals surface area contributed by atoms with E-state index in [4.69, 9.17) is 31.9 Å². The summed E-state index contributed by atoms with van der Waals surface area (Å²) in [6.45, 7) is 2.13. The van der Waals surface area contributed by atoms with Gasteiger partial charge in [-0.25, -0.2) is 0 Å². The van der Waals surface area contributed by atoms with Gasteiger partial charge >= 0.3 is 5.97 Å². The van der Waals surface area contributed by atoms with Crippen molar-refractivity contribution in [3.8, 4) is 11.5 Å². The van der Waals surface area contributed by atoms with E-state index in [-0.39, 0.29) is 19.3 Å². The van der Waals surface area contributed by atoms with Crippen molar-refractivity contribution in [2.75, 3.05) is 6.79 Å². The van der Waals surface area contributed by atoms with Gasteiger partial charge in [0.2, 0.25) is 6.79 Å². The van der Waals surface area contributed by atoms with E-state index >= 15 is 0 Å². The van der Waals surface area contributed by atoms with Crippen LogP contribution < -0.4 is 15.2 Å². The van der Waals surface area contributed by atoms with Gasteiger partial charge in [-0.15, -0.1) is 0 Å². The first-order valence-corrected chi connectivity index (χ1v) is 6.50. The van der Waals surface area contributed by atoms with Gasteiger partial charge in [0, 0.05) is 18.0 Å². The van der Waals surface area contributed by atoms with E-state index in [9.17, 15) is 4.79 Å². The summed E-state index contributed by atoms with van der Waals surface area (Å²) in [6, 6.07) is 1.37. The molecule has 1 atom stereocenters. The summed E-state index contributed by atoms with van der Waals surface area (Å²) in [5, 5.41) is 9.17. The predicted octanol–water partition coefficient (Wildman–Crippen LogP) is 2.50. The summed E-state index contributed by atoms with van der Waals surface area (Å²) in [7, 11) is 0. The van der Waals surface area contributed by atoms with Gasteiger partial charge in [0.05, 0.1) is 5.02 Å². The number of benzene rings is 1. The lowest BCUT2D eigenvalue weighted by Gasteiger charge is -2.17. The molecule has 0 aliphatic carbocycles. The fourth-order valence-corrected chi connectivity index (χ4v) is 2.49. The largest absolute Gasteiger partial charge is 0.481 e. The van der Waals surface area contributed by atoms with E-state index in [1.807, 2.05) is 6.92 Å². The maximum atomic E-state index is 10.6. The molecule has 1 aromatic rings. The first-order chi connectivity index (χ1) is 9.04. The number of hydrogen-bond donors (Lipinski definition) is 2. The lowest BCUT2D eigenvalue weighted by molar-refractivity contribution is -0.137. The topological polar surface area (TPSA) is 81.8 Å². The zero-order valence-corrected chi connectivity index (χ0v) is 11.4. The number of halogens is 1. The van der Waals surface area contributed by atoms with E-state index < -0.39 is 5.97 Å². The Labute approximate surface area is 116 Å². The molecule has 0 radical (unpaired) electrons. The van der Waals surface area contributed by atoms with Crippen LogP contribution in [0.5, 0.6) is 11.5 Å². The highest BCUT2D eigenvalue weighted by Crippen LogP contribution is 2.45. The van der Waals surface area contributed by atoms with Gasteiger partial charge in [0.15, 0.2) is 11.5 Å². The van der Waals surface area contributed by atoms with E-state index in [1.165, 1.54) is 0 Å². The summed E-state index contributed by atoms with van der Waals surface area (Å²) in [5.74, 6) is 0.323. The molecule has 0 saturated heterocycles. The van der Waals surface area contributed by atoms with Gasteiger partial charge in [0.1, 0.15) is 0 Å². The number of aliphatic carboxylic acids is 1. The lowest BCUT2D eigenvalue weighted by atomic mass is 9.95. The van der Waals surface area contributed by atoms with Crippen LogP contribution in [-0.4, -0.2) is 17.9 Å². The summed E-state index contributed by atoms with van der Waals surface area (Å²) in [4.78, 5) is 10.6. The van der Waals surface area contributed by atoms with Crippen LogP contribution in [0, 0.1) is 0 Å². The molecule has 6 heteroatoms. The third kappa shape index (κ3) is 2.77. The number of carboxylic acids is 1. The second kappa shape index (κ2) is 5.67. The standard InChI is InChI=1S/C13H16ClNO4/c1-2-7-8(10(15)3-4-11(16)17)5-9(14)13-12(7)18-6-19-13/h5,10H,2-4,6,15H2,1H3,(H,16,17). The number of nitrogens with two attached hydrogens (primary N) is 1. The number of ether oxygens (including phenoxy) is 2. The average Bonchev–Trinajstić information content (AvgIpc) is 2.85.